The highest BCUT2D eigenvalue weighted by Gasteiger charge is 2.33. The van der Waals surface area contributed by atoms with Gasteiger partial charge in [0.05, 0.1) is 12.1 Å². The van der Waals surface area contributed by atoms with Crippen LogP contribution < -0.4 is 5.73 Å². The largest absolute Gasteiger partial charge is 0.405 e. The van der Waals surface area contributed by atoms with Crippen molar-refractivity contribution in [2.24, 2.45) is 10.7 Å². The van der Waals surface area contributed by atoms with Gasteiger partial charge in [-0.1, -0.05) is 60.7 Å². The quantitative estimate of drug-likeness (QED) is 0.860. The third-order valence-corrected chi connectivity index (χ3v) is 4.21. The molecule has 3 rings (SSSR count). The number of hydrogen-bond donors (Lipinski definition) is 1. The lowest BCUT2D eigenvalue weighted by Gasteiger charge is -2.43. The van der Waals surface area contributed by atoms with Crippen LogP contribution in [-0.4, -0.2) is 29.7 Å². The molecule has 0 spiro atoms. The van der Waals surface area contributed by atoms with E-state index in [2.05, 4.69) is 65.6 Å². The fraction of sp³-hybridized carbons (Fsp3) is 0.250. The van der Waals surface area contributed by atoms with Crippen LogP contribution in [0.3, 0.4) is 0 Å². The maximum absolute atomic E-state index is 5.42. The summed E-state index contributed by atoms with van der Waals surface area (Å²) >= 11 is 0. The number of likely N-dealkylation sites (tertiary alicyclic amines) is 1. The van der Waals surface area contributed by atoms with Gasteiger partial charge in [-0.05, 0) is 30.3 Å². The summed E-state index contributed by atoms with van der Waals surface area (Å²) in [4.78, 5) is 7.18. The molecule has 0 amide bonds. The van der Waals surface area contributed by atoms with Gasteiger partial charge in [-0.25, -0.2) is 0 Å². The van der Waals surface area contributed by atoms with E-state index in [1.165, 1.54) is 11.1 Å². The van der Waals surface area contributed by atoms with Crippen LogP contribution in [0.2, 0.25) is 0 Å². The summed E-state index contributed by atoms with van der Waals surface area (Å²) in [5.41, 5.74) is 9.08. The summed E-state index contributed by atoms with van der Waals surface area (Å²) < 4.78 is 0. The van der Waals surface area contributed by atoms with Crippen molar-refractivity contribution < 1.29 is 0 Å². The van der Waals surface area contributed by atoms with E-state index in [1.54, 1.807) is 6.20 Å². The summed E-state index contributed by atoms with van der Waals surface area (Å²) in [5.74, 6) is 0. The number of nitrogens with zero attached hydrogens (tertiary/aromatic N) is 2. The molecule has 1 heterocycles. The van der Waals surface area contributed by atoms with Crippen molar-refractivity contribution in [1.29, 1.82) is 0 Å². The van der Waals surface area contributed by atoms with E-state index in [1.807, 2.05) is 13.0 Å². The topological polar surface area (TPSA) is 41.6 Å². The first-order valence-electron chi connectivity index (χ1n) is 8.04. The fourth-order valence-electron chi connectivity index (χ4n) is 3.14. The molecule has 0 radical (unpaired) electrons. The molecule has 1 saturated heterocycles. The van der Waals surface area contributed by atoms with Gasteiger partial charge in [-0.3, -0.25) is 9.89 Å². The lowest BCUT2D eigenvalue weighted by molar-refractivity contribution is 0.115. The van der Waals surface area contributed by atoms with Gasteiger partial charge in [0.15, 0.2) is 0 Å². The minimum absolute atomic E-state index is 0.300. The molecule has 0 saturated carbocycles. The molecule has 0 aromatic heterocycles. The predicted molar refractivity (Wildman–Crippen MR) is 96.5 cm³/mol. The smallest absolute Gasteiger partial charge is 0.0757 e. The zero-order valence-electron chi connectivity index (χ0n) is 13.5. The second kappa shape index (κ2) is 7.25. The van der Waals surface area contributed by atoms with E-state index in [-0.39, 0.29) is 0 Å². The average Bonchev–Trinajstić information content (AvgIpc) is 2.55. The molecule has 2 aromatic carbocycles. The van der Waals surface area contributed by atoms with E-state index in [9.17, 15) is 0 Å². The van der Waals surface area contributed by atoms with Crippen LogP contribution in [0.15, 0.2) is 77.9 Å². The zero-order chi connectivity index (χ0) is 16.1. The van der Waals surface area contributed by atoms with Crippen molar-refractivity contribution in [3.8, 4) is 0 Å². The first kappa shape index (κ1) is 15.5. The van der Waals surface area contributed by atoms with E-state index < -0.39 is 0 Å². The molecule has 0 atom stereocenters. The second-order valence-electron chi connectivity index (χ2n) is 5.96. The average molecular weight is 305 g/mol. The van der Waals surface area contributed by atoms with Gasteiger partial charge in [-0.2, -0.15) is 0 Å². The summed E-state index contributed by atoms with van der Waals surface area (Å²) in [6, 6.07) is 22.0. The molecule has 118 valence electrons. The highest BCUT2D eigenvalue weighted by Crippen LogP contribution is 2.32. The molecule has 23 heavy (non-hydrogen) atoms. The number of nitrogens with two attached hydrogens (primary N) is 1. The number of allylic oxidation sites excluding steroid dienone is 1. The van der Waals surface area contributed by atoms with E-state index in [0.717, 1.165) is 18.8 Å². The summed E-state index contributed by atoms with van der Waals surface area (Å²) in [5, 5.41) is 0. The Morgan fingerprint density at radius 3 is 2.04 bits per heavy atom. The van der Waals surface area contributed by atoms with Crippen molar-refractivity contribution in [3.05, 3.63) is 84.1 Å². The molecule has 3 nitrogen and oxygen atoms in total. The highest BCUT2D eigenvalue weighted by molar-refractivity contribution is 5.92. The van der Waals surface area contributed by atoms with Crippen LogP contribution in [0, 0.1) is 0 Å². The predicted octanol–water partition coefficient (Wildman–Crippen LogP) is 3.39. The van der Waals surface area contributed by atoms with Gasteiger partial charge in [0.25, 0.3) is 0 Å². The lowest BCUT2D eigenvalue weighted by atomic mass is 9.93. The van der Waals surface area contributed by atoms with Crippen molar-refractivity contribution in [1.82, 2.24) is 4.90 Å². The molecule has 1 fully saturated rings. The van der Waals surface area contributed by atoms with Gasteiger partial charge in [0.2, 0.25) is 0 Å². The first-order chi connectivity index (χ1) is 11.3. The minimum atomic E-state index is 0.300. The van der Waals surface area contributed by atoms with Gasteiger partial charge in [0, 0.05) is 18.8 Å². The second-order valence-corrected chi connectivity index (χ2v) is 5.96. The van der Waals surface area contributed by atoms with E-state index >= 15 is 0 Å². The van der Waals surface area contributed by atoms with Gasteiger partial charge in [-0.15, -0.1) is 0 Å². The summed E-state index contributed by atoms with van der Waals surface area (Å²) in [6.45, 7) is 3.95. The zero-order valence-corrected chi connectivity index (χ0v) is 13.5. The molecule has 0 unspecified atom stereocenters. The Labute approximate surface area is 138 Å². The molecule has 0 aliphatic carbocycles. The maximum Gasteiger partial charge on any atom is 0.0757 e. The van der Waals surface area contributed by atoms with Crippen LogP contribution in [0.4, 0.5) is 0 Å². The van der Waals surface area contributed by atoms with Gasteiger partial charge >= 0.3 is 0 Å². The molecular weight excluding hydrogens is 282 g/mol. The molecule has 1 aliphatic heterocycles. The van der Waals surface area contributed by atoms with E-state index in [4.69, 9.17) is 10.7 Å². The van der Waals surface area contributed by atoms with Gasteiger partial charge < -0.3 is 5.73 Å². The molecular formula is C20H23N3. The third-order valence-electron chi connectivity index (χ3n) is 4.21. The van der Waals surface area contributed by atoms with Crippen molar-refractivity contribution in [3.63, 3.8) is 0 Å². The normalized spacial score (nSPS) is 16.9. The Balaban J connectivity index is 1.78. The third kappa shape index (κ3) is 3.69. The van der Waals surface area contributed by atoms with Crippen LogP contribution in [0.5, 0.6) is 0 Å². The molecule has 1 aliphatic rings. The Hall–Kier alpha value is -2.39. The van der Waals surface area contributed by atoms with Crippen molar-refractivity contribution in [2.75, 3.05) is 13.1 Å². The molecule has 0 bridgehead atoms. The summed E-state index contributed by atoms with van der Waals surface area (Å²) in [7, 11) is 0. The molecule has 2 aromatic rings. The Kier molecular flexibility index (Phi) is 4.89. The number of benzene rings is 2. The first-order valence-corrected chi connectivity index (χ1v) is 8.04. The van der Waals surface area contributed by atoms with Crippen LogP contribution in [0.25, 0.3) is 0 Å². The standard InChI is InChI=1S/C20H23N3/c1-16(12-13-21)22-19-14-23(15-19)20(17-8-4-2-5-9-17)18-10-6-3-7-11-18/h2-13,19-20H,14-15,21H2,1H3. The minimum Gasteiger partial charge on any atom is -0.405 e. The Morgan fingerprint density at radius 2 is 1.57 bits per heavy atom. The maximum atomic E-state index is 5.42. The molecule has 2 N–H and O–H groups in total. The Morgan fingerprint density at radius 1 is 1.04 bits per heavy atom. The monoisotopic (exact) mass is 305 g/mol. The Bertz CT molecular complexity index is 631. The number of aliphatic imine (C=N–C) groups is 1. The summed E-state index contributed by atoms with van der Waals surface area (Å²) in [6.07, 6.45) is 3.40. The number of rotatable bonds is 5. The SMILES string of the molecule is CC(C=CN)=NC1CN(C(c2ccccc2)c2ccccc2)C1. The number of hydrogen-bond acceptors (Lipinski definition) is 3. The molecule has 3 heteroatoms. The highest BCUT2D eigenvalue weighted by atomic mass is 15.3. The van der Waals surface area contributed by atoms with Gasteiger partial charge in [0.1, 0.15) is 0 Å². The fourth-order valence-corrected chi connectivity index (χ4v) is 3.14. The van der Waals surface area contributed by atoms with Crippen LogP contribution in [0.1, 0.15) is 24.1 Å². The van der Waals surface area contributed by atoms with E-state index in [0.29, 0.717) is 12.1 Å². The van der Waals surface area contributed by atoms with Crippen LogP contribution in [-0.2, 0) is 0 Å². The lowest BCUT2D eigenvalue weighted by Crippen LogP contribution is -2.51. The van der Waals surface area contributed by atoms with Crippen LogP contribution >= 0.6 is 0 Å². The van der Waals surface area contributed by atoms with Crippen molar-refractivity contribution >= 4 is 5.71 Å². The van der Waals surface area contributed by atoms with Crippen molar-refractivity contribution in [2.45, 2.75) is 19.0 Å².